The molecule has 1 unspecified atom stereocenters. The van der Waals surface area contributed by atoms with Gasteiger partial charge in [-0.3, -0.25) is 0 Å². The van der Waals surface area contributed by atoms with Crippen LogP contribution in [0.25, 0.3) is 0 Å². The second-order valence-corrected chi connectivity index (χ2v) is 5.21. The molecule has 0 aromatic heterocycles. The molecular formula is C11H26N2. The van der Waals surface area contributed by atoms with Crippen LogP contribution in [0.5, 0.6) is 0 Å². The van der Waals surface area contributed by atoms with E-state index >= 15 is 0 Å². The molecule has 0 rings (SSSR count). The molecule has 2 nitrogen and oxygen atoms in total. The standard InChI is InChI=1S/C11H26N2/c1-6-13(5)8-7-10(12)9-11(2,3)4/h10H,6-9,12H2,1-5H3. The van der Waals surface area contributed by atoms with Gasteiger partial charge in [0.25, 0.3) is 0 Å². The number of nitrogens with zero attached hydrogens (tertiary/aromatic N) is 1. The van der Waals surface area contributed by atoms with E-state index in [4.69, 9.17) is 5.73 Å². The molecule has 0 spiro atoms. The first-order valence-electron chi connectivity index (χ1n) is 5.29. The number of hydrogen-bond donors (Lipinski definition) is 1. The number of hydrogen-bond acceptors (Lipinski definition) is 2. The molecule has 0 fully saturated rings. The Kier molecular flexibility index (Phi) is 5.57. The van der Waals surface area contributed by atoms with Gasteiger partial charge in [0.05, 0.1) is 0 Å². The van der Waals surface area contributed by atoms with Crippen molar-refractivity contribution in [1.82, 2.24) is 4.90 Å². The summed E-state index contributed by atoms with van der Waals surface area (Å²) in [6, 6.07) is 0.356. The summed E-state index contributed by atoms with van der Waals surface area (Å²) < 4.78 is 0. The molecule has 0 aromatic rings. The quantitative estimate of drug-likeness (QED) is 0.712. The van der Waals surface area contributed by atoms with Crippen molar-refractivity contribution in [3.05, 3.63) is 0 Å². The minimum Gasteiger partial charge on any atom is -0.328 e. The SMILES string of the molecule is CCN(C)CCC(N)CC(C)(C)C. The van der Waals surface area contributed by atoms with Crippen molar-refractivity contribution in [1.29, 1.82) is 0 Å². The lowest BCUT2D eigenvalue weighted by Crippen LogP contribution is -2.31. The third-order valence-electron chi connectivity index (χ3n) is 2.30. The second-order valence-electron chi connectivity index (χ2n) is 5.21. The van der Waals surface area contributed by atoms with Crippen molar-refractivity contribution in [2.75, 3.05) is 20.1 Å². The monoisotopic (exact) mass is 186 g/mol. The van der Waals surface area contributed by atoms with Crippen LogP contribution in [0.3, 0.4) is 0 Å². The van der Waals surface area contributed by atoms with Crippen molar-refractivity contribution < 1.29 is 0 Å². The van der Waals surface area contributed by atoms with Gasteiger partial charge in [-0.05, 0) is 38.4 Å². The van der Waals surface area contributed by atoms with E-state index < -0.39 is 0 Å². The molecule has 0 saturated heterocycles. The summed E-state index contributed by atoms with van der Waals surface area (Å²) in [6.45, 7) is 11.1. The fourth-order valence-corrected chi connectivity index (χ4v) is 1.43. The van der Waals surface area contributed by atoms with Crippen LogP contribution in [-0.4, -0.2) is 31.1 Å². The maximum absolute atomic E-state index is 6.04. The highest BCUT2D eigenvalue weighted by atomic mass is 15.1. The molecule has 0 aromatic carbocycles. The van der Waals surface area contributed by atoms with Gasteiger partial charge in [-0.25, -0.2) is 0 Å². The van der Waals surface area contributed by atoms with Crippen LogP contribution in [0.2, 0.25) is 0 Å². The van der Waals surface area contributed by atoms with Crippen LogP contribution in [0.15, 0.2) is 0 Å². The van der Waals surface area contributed by atoms with Crippen molar-refractivity contribution in [3.8, 4) is 0 Å². The molecule has 0 aliphatic carbocycles. The lowest BCUT2D eigenvalue weighted by Gasteiger charge is -2.24. The summed E-state index contributed by atoms with van der Waals surface area (Å²) in [4.78, 5) is 2.31. The molecule has 80 valence electrons. The fourth-order valence-electron chi connectivity index (χ4n) is 1.43. The van der Waals surface area contributed by atoms with E-state index in [-0.39, 0.29) is 0 Å². The predicted octanol–water partition coefficient (Wildman–Crippen LogP) is 2.09. The summed E-state index contributed by atoms with van der Waals surface area (Å²) in [7, 11) is 2.14. The molecule has 0 bridgehead atoms. The van der Waals surface area contributed by atoms with E-state index in [0.717, 1.165) is 25.9 Å². The minimum absolute atomic E-state index is 0.356. The largest absolute Gasteiger partial charge is 0.328 e. The van der Waals surface area contributed by atoms with Crippen LogP contribution in [0.4, 0.5) is 0 Å². The Labute approximate surface area is 83.5 Å². The molecule has 0 radical (unpaired) electrons. The van der Waals surface area contributed by atoms with E-state index in [1.807, 2.05) is 0 Å². The maximum atomic E-state index is 6.04. The second kappa shape index (κ2) is 5.61. The molecule has 0 aliphatic heterocycles. The smallest absolute Gasteiger partial charge is 0.00559 e. The van der Waals surface area contributed by atoms with Gasteiger partial charge in [0.1, 0.15) is 0 Å². The Hall–Kier alpha value is -0.0800. The topological polar surface area (TPSA) is 29.3 Å². The minimum atomic E-state index is 0.356. The summed E-state index contributed by atoms with van der Waals surface area (Å²) in [5.41, 5.74) is 6.40. The Balaban J connectivity index is 3.57. The van der Waals surface area contributed by atoms with Crippen molar-refractivity contribution >= 4 is 0 Å². The van der Waals surface area contributed by atoms with Gasteiger partial charge in [0.15, 0.2) is 0 Å². The first-order chi connectivity index (χ1) is 5.85. The summed E-state index contributed by atoms with van der Waals surface area (Å²) in [6.07, 6.45) is 2.23. The lowest BCUT2D eigenvalue weighted by molar-refractivity contribution is 0.289. The zero-order valence-electron chi connectivity index (χ0n) is 9.93. The Bertz CT molecular complexity index is 127. The van der Waals surface area contributed by atoms with E-state index in [1.54, 1.807) is 0 Å². The van der Waals surface area contributed by atoms with E-state index in [2.05, 4.69) is 39.6 Å². The molecule has 2 heteroatoms. The van der Waals surface area contributed by atoms with Gasteiger partial charge >= 0.3 is 0 Å². The molecule has 1 atom stereocenters. The summed E-state index contributed by atoms with van der Waals surface area (Å²) in [5.74, 6) is 0. The fraction of sp³-hybridized carbons (Fsp3) is 1.00. The zero-order chi connectivity index (χ0) is 10.5. The van der Waals surface area contributed by atoms with Crippen LogP contribution < -0.4 is 5.73 Å². The molecule has 2 N–H and O–H groups in total. The highest BCUT2D eigenvalue weighted by molar-refractivity contribution is 4.72. The van der Waals surface area contributed by atoms with Gasteiger partial charge in [0.2, 0.25) is 0 Å². The third-order valence-corrected chi connectivity index (χ3v) is 2.30. The number of nitrogens with two attached hydrogens (primary N) is 1. The Morgan fingerprint density at radius 2 is 1.85 bits per heavy atom. The summed E-state index contributed by atoms with van der Waals surface area (Å²) in [5, 5.41) is 0. The van der Waals surface area contributed by atoms with Gasteiger partial charge < -0.3 is 10.6 Å². The Morgan fingerprint density at radius 3 is 2.23 bits per heavy atom. The predicted molar refractivity (Wildman–Crippen MR) is 59.8 cm³/mol. The molecule has 0 aliphatic rings. The van der Waals surface area contributed by atoms with E-state index in [0.29, 0.717) is 11.5 Å². The number of rotatable bonds is 5. The van der Waals surface area contributed by atoms with Gasteiger partial charge in [-0.2, -0.15) is 0 Å². The maximum Gasteiger partial charge on any atom is 0.00559 e. The van der Waals surface area contributed by atoms with E-state index in [9.17, 15) is 0 Å². The zero-order valence-corrected chi connectivity index (χ0v) is 9.93. The average Bonchev–Trinajstić information content (AvgIpc) is 1.97. The normalized spacial score (nSPS) is 15.0. The highest BCUT2D eigenvalue weighted by Crippen LogP contribution is 2.20. The molecule has 0 saturated carbocycles. The van der Waals surface area contributed by atoms with Crippen molar-refractivity contribution in [2.45, 2.75) is 46.6 Å². The Morgan fingerprint density at radius 1 is 1.31 bits per heavy atom. The van der Waals surface area contributed by atoms with Crippen LogP contribution in [0.1, 0.15) is 40.5 Å². The van der Waals surface area contributed by atoms with E-state index in [1.165, 1.54) is 0 Å². The molecule has 13 heavy (non-hydrogen) atoms. The third kappa shape index (κ3) is 8.26. The van der Waals surface area contributed by atoms with Crippen molar-refractivity contribution in [2.24, 2.45) is 11.1 Å². The summed E-state index contributed by atoms with van der Waals surface area (Å²) >= 11 is 0. The van der Waals surface area contributed by atoms with Gasteiger partial charge in [-0.1, -0.05) is 27.7 Å². The van der Waals surface area contributed by atoms with Gasteiger partial charge in [-0.15, -0.1) is 0 Å². The molecule has 0 amide bonds. The van der Waals surface area contributed by atoms with Crippen LogP contribution in [0, 0.1) is 5.41 Å². The molecular weight excluding hydrogens is 160 g/mol. The first kappa shape index (κ1) is 12.9. The first-order valence-corrected chi connectivity index (χ1v) is 5.29. The highest BCUT2D eigenvalue weighted by Gasteiger charge is 2.15. The van der Waals surface area contributed by atoms with Crippen LogP contribution >= 0.6 is 0 Å². The average molecular weight is 186 g/mol. The van der Waals surface area contributed by atoms with Gasteiger partial charge in [0, 0.05) is 6.04 Å². The van der Waals surface area contributed by atoms with Crippen molar-refractivity contribution in [3.63, 3.8) is 0 Å². The molecule has 0 heterocycles. The van der Waals surface area contributed by atoms with Crippen LogP contribution in [-0.2, 0) is 0 Å². The lowest BCUT2D eigenvalue weighted by atomic mass is 9.87.